The van der Waals surface area contributed by atoms with Gasteiger partial charge >= 0.3 is 6.01 Å². The first kappa shape index (κ1) is 18.3. The van der Waals surface area contributed by atoms with Gasteiger partial charge < -0.3 is 4.42 Å². The average molecular weight is 376 g/mol. The number of amides is 1. The molecule has 2 heterocycles. The van der Waals surface area contributed by atoms with Crippen molar-refractivity contribution >= 4 is 28.0 Å². The Morgan fingerprint density at radius 2 is 1.92 bits per heavy atom. The molecule has 1 aliphatic heterocycles. The minimum Gasteiger partial charge on any atom is -0.408 e. The summed E-state index contributed by atoms with van der Waals surface area (Å²) >= 11 is 0. The van der Waals surface area contributed by atoms with Gasteiger partial charge in [-0.3, -0.25) is 10.1 Å². The fourth-order valence-electron chi connectivity index (χ4n) is 2.74. The molecule has 1 N–H and O–H groups in total. The molecule has 1 amide bonds. The molecule has 3 rings (SSSR count). The number of anilines is 1. The Balaban J connectivity index is 1.55. The molecule has 1 aromatic carbocycles. The summed E-state index contributed by atoms with van der Waals surface area (Å²) < 4.78 is 31.4. The fourth-order valence-corrected chi connectivity index (χ4v) is 3.96. The van der Waals surface area contributed by atoms with E-state index >= 15 is 0 Å². The van der Waals surface area contributed by atoms with E-state index in [-0.39, 0.29) is 17.8 Å². The molecule has 1 fully saturated rings. The number of aryl methyl sites for hydroxylation is 1. The summed E-state index contributed by atoms with van der Waals surface area (Å²) in [7, 11) is -3.51. The molecule has 1 saturated heterocycles. The van der Waals surface area contributed by atoms with E-state index < -0.39 is 10.0 Å². The van der Waals surface area contributed by atoms with E-state index in [2.05, 4.69) is 15.5 Å². The number of rotatable bonds is 5. The highest BCUT2D eigenvalue weighted by molar-refractivity contribution is 7.92. The molecule has 9 heteroatoms. The Bertz CT molecular complexity index is 884. The number of nitrogens with one attached hydrogen (secondary N) is 1. The van der Waals surface area contributed by atoms with Crippen LogP contribution in [0.1, 0.15) is 24.3 Å². The summed E-state index contributed by atoms with van der Waals surface area (Å²) in [4.78, 5) is 12.2. The van der Waals surface area contributed by atoms with E-state index in [4.69, 9.17) is 4.42 Å². The normalized spacial score (nSPS) is 16.8. The van der Waals surface area contributed by atoms with E-state index in [1.54, 1.807) is 13.0 Å². The average Bonchev–Trinajstić information content (AvgIpc) is 3.06. The molecule has 1 aromatic heterocycles. The third kappa shape index (κ3) is 4.55. The SMILES string of the molecule is Cc1nnc(NC(=O)C2CCN(S(=O)(=O)/C=C/c3ccccc3)CC2)o1. The monoisotopic (exact) mass is 376 g/mol. The lowest BCUT2D eigenvalue weighted by Crippen LogP contribution is -2.40. The van der Waals surface area contributed by atoms with Crippen LogP contribution in [0.4, 0.5) is 6.01 Å². The van der Waals surface area contributed by atoms with Crippen LogP contribution in [0.15, 0.2) is 40.2 Å². The largest absolute Gasteiger partial charge is 0.408 e. The lowest BCUT2D eigenvalue weighted by atomic mass is 9.97. The lowest BCUT2D eigenvalue weighted by molar-refractivity contribution is -0.121. The smallest absolute Gasteiger partial charge is 0.322 e. The Labute approximate surface area is 152 Å². The Morgan fingerprint density at radius 1 is 1.23 bits per heavy atom. The van der Waals surface area contributed by atoms with Gasteiger partial charge in [-0.25, -0.2) is 8.42 Å². The molecule has 0 radical (unpaired) electrons. The molecule has 0 saturated carbocycles. The van der Waals surface area contributed by atoms with Gasteiger partial charge in [-0.05, 0) is 24.5 Å². The predicted molar refractivity (Wildman–Crippen MR) is 96.4 cm³/mol. The first-order valence-corrected chi connectivity index (χ1v) is 9.78. The standard InChI is InChI=1S/C17H20N4O4S/c1-13-19-20-17(25-13)18-16(22)15-7-10-21(11-8-15)26(23,24)12-9-14-5-3-2-4-6-14/h2-6,9,12,15H,7-8,10-11H2,1H3,(H,18,20,22)/b12-9+. The number of nitrogens with zero attached hydrogens (tertiary/aromatic N) is 3. The van der Waals surface area contributed by atoms with Gasteiger partial charge in [0.2, 0.25) is 21.8 Å². The van der Waals surface area contributed by atoms with Gasteiger partial charge in [-0.15, -0.1) is 5.10 Å². The van der Waals surface area contributed by atoms with Crippen molar-refractivity contribution in [3.05, 3.63) is 47.2 Å². The van der Waals surface area contributed by atoms with Crippen LogP contribution in [0, 0.1) is 12.8 Å². The van der Waals surface area contributed by atoms with Gasteiger partial charge in [0.25, 0.3) is 0 Å². The Morgan fingerprint density at radius 3 is 2.54 bits per heavy atom. The topological polar surface area (TPSA) is 105 Å². The van der Waals surface area contributed by atoms with Crippen molar-refractivity contribution in [3.8, 4) is 0 Å². The summed E-state index contributed by atoms with van der Waals surface area (Å²) in [5.74, 6) is -0.149. The molecule has 2 aromatic rings. The van der Waals surface area contributed by atoms with Gasteiger partial charge in [0.15, 0.2) is 0 Å². The van der Waals surface area contributed by atoms with Crippen LogP contribution < -0.4 is 5.32 Å². The minimum atomic E-state index is -3.51. The van der Waals surface area contributed by atoms with Gasteiger partial charge in [0.05, 0.1) is 0 Å². The summed E-state index contributed by atoms with van der Waals surface area (Å²) in [5, 5.41) is 11.2. The third-order valence-electron chi connectivity index (χ3n) is 4.17. The zero-order valence-corrected chi connectivity index (χ0v) is 15.1. The lowest BCUT2D eigenvalue weighted by Gasteiger charge is -2.29. The van der Waals surface area contributed by atoms with E-state index in [9.17, 15) is 13.2 Å². The fraction of sp³-hybridized carbons (Fsp3) is 0.353. The van der Waals surface area contributed by atoms with Crippen molar-refractivity contribution in [1.82, 2.24) is 14.5 Å². The van der Waals surface area contributed by atoms with Gasteiger partial charge in [0, 0.05) is 31.3 Å². The zero-order chi connectivity index (χ0) is 18.6. The summed E-state index contributed by atoms with van der Waals surface area (Å²) in [6.45, 7) is 2.22. The van der Waals surface area contributed by atoms with Crippen LogP contribution in [-0.4, -0.2) is 41.9 Å². The Hall–Kier alpha value is -2.52. The second-order valence-electron chi connectivity index (χ2n) is 6.05. The first-order chi connectivity index (χ1) is 12.4. The molecule has 0 aliphatic carbocycles. The predicted octanol–water partition coefficient (Wildman–Crippen LogP) is 2.03. The number of hydrogen-bond acceptors (Lipinski definition) is 6. The Kier molecular flexibility index (Phi) is 5.48. The highest BCUT2D eigenvalue weighted by Gasteiger charge is 2.30. The van der Waals surface area contributed by atoms with Crippen LogP contribution in [0.3, 0.4) is 0 Å². The number of benzene rings is 1. The van der Waals surface area contributed by atoms with Crippen LogP contribution in [0.5, 0.6) is 0 Å². The van der Waals surface area contributed by atoms with Crippen LogP contribution >= 0.6 is 0 Å². The van der Waals surface area contributed by atoms with Gasteiger partial charge in [0.1, 0.15) is 0 Å². The number of hydrogen-bond donors (Lipinski definition) is 1. The van der Waals surface area contributed by atoms with Gasteiger partial charge in [-0.2, -0.15) is 4.31 Å². The molecule has 138 valence electrons. The highest BCUT2D eigenvalue weighted by atomic mass is 32.2. The third-order valence-corrected chi connectivity index (χ3v) is 5.74. The highest BCUT2D eigenvalue weighted by Crippen LogP contribution is 2.22. The molecule has 0 bridgehead atoms. The molecular weight excluding hydrogens is 356 g/mol. The van der Waals surface area contributed by atoms with Crippen molar-refractivity contribution in [2.24, 2.45) is 5.92 Å². The number of carbonyl (C=O) groups is 1. The van der Waals surface area contributed by atoms with Crippen LogP contribution in [-0.2, 0) is 14.8 Å². The summed E-state index contributed by atoms with van der Waals surface area (Å²) in [5.41, 5.74) is 0.820. The number of carbonyl (C=O) groups excluding carboxylic acids is 1. The van der Waals surface area contributed by atoms with Crippen molar-refractivity contribution in [3.63, 3.8) is 0 Å². The maximum absolute atomic E-state index is 12.4. The second kappa shape index (κ2) is 7.79. The minimum absolute atomic E-state index is 0.0633. The second-order valence-corrected chi connectivity index (χ2v) is 7.87. The quantitative estimate of drug-likeness (QED) is 0.856. The van der Waals surface area contributed by atoms with E-state index in [1.165, 1.54) is 9.71 Å². The maximum Gasteiger partial charge on any atom is 0.322 e. The summed E-state index contributed by atoms with van der Waals surface area (Å²) in [6.07, 6.45) is 2.46. The van der Waals surface area contributed by atoms with Crippen molar-refractivity contribution in [2.75, 3.05) is 18.4 Å². The van der Waals surface area contributed by atoms with Crippen molar-refractivity contribution in [2.45, 2.75) is 19.8 Å². The van der Waals surface area contributed by atoms with Crippen molar-refractivity contribution in [1.29, 1.82) is 0 Å². The molecule has 0 spiro atoms. The van der Waals surface area contributed by atoms with Crippen molar-refractivity contribution < 1.29 is 17.6 Å². The number of sulfonamides is 1. The van der Waals surface area contributed by atoms with Crippen LogP contribution in [0.2, 0.25) is 0 Å². The number of piperidine rings is 1. The molecule has 0 unspecified atom stereocenters. The molecule has 26 heavy (non-hydrogen) atoms. The molecular formula is C17H20N4O4S. The number of aromatic nitrogens is 2. The molecule has 0 atom stereocenters. The van der Waals surface area contributed by atoms with E-state index in [0.29, 0.717) is 31.8 Å². The maximum atomic E-state index is 12.4. The summed E-state index contributed by atoms with van der Waals surface area (Å²) in [6, 6.07) is 9.30. The van der Waals surface area contributed by atoms with Gasteiger partial charge in [-0.1, -0.05) is 35.4 Å². The van der Waals surface area contributed by atoms with E-state index in [1.807, 2.05) is 30.3 Å². The first-order valence-electron chi connectivity index (χ1n) is 8.28. The molecule has 8 nitrogen and oxygen atoms in total. The van der Waals surface area contributed by atoms with Crippen LogP contribution in [0.25, 0.3) is 6.08 Å². The van der Waals surface area contributed by atoms with E-state index in [0.717, 1.165) is 5.56 Å². The zero-order valence-electron chi connectivity index (χ0n) is 14.3. The molecule has 1 aliphatic rings.